The molecule has 3 aliphatic heterocycles. The molecule has 2 saturated heterocycles. The van der Waals surface area contributed by atoms with Crippen molar-refractivity contribution in [3.05, 3.63) is 89.2 Å². The topological polar surface area (TPSA) is 73.4 Å². The number of imide groups is 1. The Morgan fingerprint density at radius 1 is 0.811 bits per heavy atom. The lowest BCUT2D eigenvalue weighted by Gasteiger charge is -2.37. The van der Waals surface area contributed by atoms with Crippen LogP contribution in [0.1, 0.15) is 26.3 Å². The average Bonchev–Trinajstić information content (AvgIpc) is 3.41. The van der Waals surface area contributed by atoms with Crippen LogP contribution in [0.25, 0.3) is 0 Å². The fourth-order valence-corrected chi connectivity index (χ4v) is 5.29. The molecule has 0 unspecified atom stereocenters. The molecule has 9 heteroatoms. The number of carbonyl (C=O) groups is 3. The summed E-state index contributed by atoms with van der Waals surface area (Å²) in [6, 6.07) is 19.8. The molecule has 0 N–H and O–H groups in total. The lowest BCUT2D eigenvalue weighted by atomic mass is 10.0. The number of piperazine rings is 1. The Morgan fingerprint density at radius 3 is 2.24 bits per heavy atom. The molecule has 0 radical (unpaired) electrons. The summed E-state index contributed by atoms with van der Waals surface area (Å²) in [5.41, 5.74) is 3.22. The van der Waals surface area contributed by atoms with Crippen LogP contribution >= 0.6 is 0 Å². The number of carbonyl (C=O) groups excluding carboxylic acids is 3. The maximum Gasteiger partial charge on any atom is 0.416 e. The van der Waals surface area contributed by atoms with E-state index >= 15 is 4.39 Å². The summed E-state index contributed by atoms with van der Waals surface area (Å²) >= 11 is 0. The van der Waals surface area contributed by atoms with Gasteiger partial charge in [-0.25, -0.2) is 14.1 Å². The van der Waals surface area contributed by atoms with Crippen LogP contribution in [0.3, 0.4) is 0 Å². The molecule has 8 nitrogen and oxygen atoms in total. The maximum absolute atomic E-state index is 15.2. The van der Waals surface area contributed by atoms with E-state index in [2.05, 4.69) is 17.0 Å². The highest BCUT2D eigenvalue weighted by Gasteiger charge is 2.47. The van der Waals surface area contributed by atoms with Crippen LogP contribution in [0.5, 0.6) is 0 Å². The number of hydrogen-bond acceptors (Lipinski definition) is 6. The average molecular weight is 501 g/mol. The van der Waals surface area contributed by atoms with Crippen LogP contribution < -0.4 is 14.7 Å². The number of rotatable bonds is 4. The first-order valence-electron chi connectivity index (χ1n) is 12.2. The van der Waals surface area contributed by atoms with Crippen molar-refractivity contribution in [2.45, 2.75) is 13.2 Å². The van der Waals surface area contributed by atoms with E-state index in [-0.39, 0.29) is 6.54 Å². The van der Waals surface area contributed by atoms with Gasteiger partial charge in [0.05, 0.1) is 29.0 Å². The van der Waals surface area contributed by atoms with Gasteiger partial charge in [-0.1, -0.05) is 30.3 Å². The molecule has 3 heterocycles. The quantitative estimate of drug-likeness (QED) is 0.504. The van der Waals surface area contributed by atoms with E-state index in [9.17, 15) is 14.4 Å². The molecule has 0 spiro atoms. The molecule has 0 aliphatic carbocycles. The molecule has 37 heavy (non-hydrogen) atoms. The van der Waals surface area contributed by atoms with Gasteiger partial charge in [0, 0.05) is 31.9 Å². The highest BCUT2D eigenvalue weighted by Crippen LogP contribution is 2.33. The van der Waals surface area contributed by atoms with E-state index in [4.69, 9.17) is 4.74 Å². The van der Waals surface area contributed by atoms with Gasteiger partial charge in [0.25, 0.3) is 11.8 Å². The highest BCUT2D eigenvalue weighted by atomic mass is 19.1. The number of halogens is 1. The smallest absolute Gasteiger partial charge is 0.416 e. The molecule has 0 aromatic heterocycles. The number of aryl methyl sites for hydroxylation is 1. The highest BCUT2D eigenvalue weighted by molar-refractivity contribution is 6.22. The molecule has 3 aromatic carbocycles. The first-order valence-corrected chi connectivity index (χ1v) is 12.2. The largest absolute Gasteiger partial charge is 0.422 e. The summed E-state index contributed by atoms with van der Waals surface area (Å²) in [6.07, 6.45) is -1.82. The number of anilines is 3. The zero-order chi connectivity index (χ0) is 25.7. The third kappa shape index (κ3) is 3.87. The van der Waals surface area contributed by atoms with Crippen molar-refractivity contribution in [3.8, 4) is 0 Å². The van der Waals surface area contributed by atoms with Crippen molar-refractivity contribution in [3.63, 3.8) is 0 Å². The Hall–Kier alpha value is -4.40. The molecular formula is C28H25FN4O4. The van der Waals surface area contributed by atoms with Gasteiger partial charge in [-0.15, -0.1) is 0 Å². The molecule has 0 bridgehead atoms. The van der Waals surface area contributed by atoms with E-state index < -0.39 is 30.0 Å². The van der Waals surface area contributed by atoms with Crippen molar-refractivity contribution in [1.29, 1.82) is 0 Å². The van der Waals surface area contributed by atoms with Crippen LogP contribution in [-0.4, -0.2) is 61.8 Å². The molecule has 6 rings (SSSR count). The predicted molar refractivity (Wildman–Crippen MR) is 137 cm³/mol. The van der Waals surface area contributed by atoms with Crippen LogP contribution in [0.4, 0.5) is 26.2 Å². The Labute approximate surface area is 213 Å². The number of nitrogens with zero attached hydrogens (tertiary/aromatic N) is 4. The number of benzene rings is 3. The Balaban J connectivity index is 1.16. The van der Waals surface area contributed by atoms with Crippen molar-refractivity contribution in [1.82, 2.24) is 4.90 Å². The molecule has 3 amide bonds. The minimum atomic E-state index is -1.09. The first-order chi connectivity index (χ1) is 17.9. The van der Waals surface area contributed by atoms with Crippen LogP contribution in [0.15, 0.2) is 66.7 Å². The van der Waals surface area contributed by atoms with Gasteiger partial charge < -0.3 is 14.5 Å². The summed E-state index contributed by atoms with van der Waals surface area (Å²) in [4.78, 5) is 45.1. The second kappa shape index (κ2) is 8.92. The normalized spacial score (nSPS) is 19.5. The van der Waals surface area contributed by atoms with Gasteiger partial charge in [-0.2, -0.15) is 0 Å². The summed E-state index contributed by atoms with van der Waals surface area (Å²) < 4.78 is 20.6. The predicted octanol–water partition coefficient (Wildman–Crippen LogP) is 4.04. The maximum atomic E-state index is 15.2. The van der Waals surface area contributed by atoms with Gasteiger partial charge in [0.2, 0.25) is 6.23 Å². The van der Waals surface area contributed by atoms with E-state index in [0.29, 0.717) is 41.2 Å². The van der Waals surface area contributed by atoms with E-state index in [1.54, 1.807) is 37.3 Å². The third-order valence-electron chi connectivity index (χ3n) is 7.22. The van der Waals surface area contributed by atoms with Crippen molar-refractivity contribution in [2.75, 3.05) is 47.4 Å². The number of ether oxygens (including phenoxy) is 1. The standard InChI is InChI=1S/C28H25FN4O4/c1-18-6-5-9-21-25(18)27(35)33(26(21)34)24-17-32(28(36)37-24)20-10-11-23(22(29)16-20)31-14-12-30(13-15-31)19-7-3-2-4-8-19/h2-11,16,24H,12-15,17H2,1H3/t24-/m1/s1. The van der Waals surface area contributed by atoms with E-state index in [1.165, 1.54) is 11.0 Å². The lowest BCUT2D eigenvalue weighted by Crippen LogP contribution is -2.46. The number of amides is 3. The van der Waals surface area contributed by atoms with Crippen molar-refractivity contribution >= 4 is 35.0 Å². The summed E-state index contributed by atoms with van der Waals surface area (Å²) in [6.45, 7) is 4.55. The third-order valence-corrected chi connectivity index (χ3v) is 7.22. The van der Waals surface area contributed by atoms with Gasteiger partial charge in [0.1, 0.15) is 5.82 Å². The zero-order valence-electron chi connectivity index (χ0n) is 20.3. The summed E-state index contributed by atoms with van der Waals surface area (Å²) in [5, 5.41) is 0. The Morgan fingerprint density at radius 2 is 1.54 bits per heavy atom. The fourth-order valence-electron chi connectivity index (χ4n) is 5.29. The molecule has 0 saturated carbocycles. The van der Waals surface area contributed by atoms with Crippen molar-refractivity contribution in [2.24, 2.45) is 0 Å². The zero-order valence-corrected chi connectivity index (χ0v) is 20.3. The number of para-hydroxylation sites is 1. The number of hydrogen-bond donors (Lipinski definition) is 0. The second-order valence-corrected chi connectivity index (χ2v) is 9.37. The Kier molecular flexibility index (Phi) is 5.55. The van der Waals surface area contributed by atoms with Crippen molar-refractivity contribution < 1.29 is 23.5 Å². The number of cyclic esters (lactones) is 1. The van der Waals surface area contributed by atoms with E-state index in [0.717, 1.165) is 23.7 Å². The molecule has 3 aliphatic rings. The molecule has 3 aromatic rings. The fraction of sp³-hybridized carbons (Fsp3) is 0.250. The van der Waals surface area contributed by atoms with Gasteiger partial charge in [-0.05, 0) is 48.9 Å². The van der Waals surface area contributed by atoms with Gasteiger partial charge in [0.15, 0.2) is 0 Å². The Bertz CT molecular complexity index is 1400. The second-order valence-electron chi connectivity index (χ2n) is 9.37. The van der Waals surface area contributed by atoms with Crippen LogP contribution in [-0.2, 0) is 4.74 Å². The van der Waals surface area contributed by atoms with Gasteiger partial charge in [-0.3, -0.25) is 14.5 Å². The minimum Gasteiger partial charge on any atom is -0.422 e. The molecule has 1 atom stereocenters. The minimum absolute atomic E-state index is 0.0715. The number of fused-ring (bicyclic) bond motifs is 1. The molecule has 188 valence electrons. The molecule has 2 fully saturated rings. The summed E-state index contributed by atoms with van der Waals surface area (Å²) in [5.74, 6) is -1.44. The van der Waals surface area contributed by atoms with Crippen LogP contribution in [0, 0.1) is 12.7 Å². The van der Waals surface area contributed by atoms with Gasteiger partial charge >= 0.3 is 6.09 Å². The lowest BCUT2D eigenvalue weighted by molar-refractivity contribution is 0.0230. The molecular weight excluding hydrogens is 475 g/mol. The monoisotopic (exact) mass is 500 g/mol. The summed E-state index contributed by atoms with van der Waals surface area (Å²) in [7, 11) is 0. The van der Waals surface area contributed by atoms with Crippen LogP contribution in [0.2, 0.25) is 0 Å². The SMILES string of the molecule is Cc1cccc2c1C(=O)N([C@H]1CN(c3ccc(N4CCN(c5ccccc5)CC4)c(F)c3)C(=O)O1)C2=O. The van der Waals surface area contributed by atoms with E-state index in [1.807, 2.05) is 23.1 Å². The first kappa shape index (κ1) is 23.0.